The highest BCUT2D eigenvalue weighted by atomic mass is 79.9. The topological polar surface area (TPSA) is 64.3 Å². The van der Waals surface area contributed by atoms with Gasteiger partial charge in [-0.3, -0.25) is 4.79 Å². The lowest BCUT2D eigenvalue weighted by atomic mass is 10.1. The first-order valence-electron chi connectivity index (χ1n) is 6.02. The minimum Gasteiger partial charge on any atom is -0.496 e. The zero-order chi connectivity index (χ0) is 14.9. The van der Waals surface area contributed by atoms with Crippen LogP contribution < -0.4 is 4.74 Å². The standard InChI is InChI=1S/C14H15BrN2O3/c1-8-4-5-11(20-3)9(6-8)14-16-13(15)10(17(14)2)7-12(18)19/h4-6H,7H2,1-3H3,(H,18,19). The maximum atomic E-state index is 10.9. The van der Waals surface area contributed by atoms with Crippen LogP contribution in [0, 0.1) is 6.92 Å². The van der Waals surface area contributed by atoms with E-state index in [1.165, 1.54) is 0 Å². The van der Waals surface area contributed by atoms with E-state index in [0.717, 1.165) is 11.1 Å². The number of imidazole rings is 1. The molecule has 106 valence electrons. The quantitative estimate of drug-likeness (QED) is 0.930. The summed E-state index contributed by atoms with van der Waals surface area (Å²) >= 11 is 3.32. The van der Waals surface area contributed by atoms with Crippen molar-refractivity contribution >= 4 is 21.9 Å². The summed E-state index contributed by atoms with van der Waals surface area (Å²) in [7, 11) is 3.40. The van der Waals surface area contributed by atoms with Gasteiger partial charge in [-0.25, -0.2) is 4.98 Å². The number of carboxylic acid groups (broad SMARTS) is 1. The van der Waals surface area contributed by atoms with Crippen molar-refractivity contribution in [3.8, 4) is 17.1 Å². The van der Waals surface area contributed by atoms with Crippen LogP contribution in [0.25, 0.3) is 11.4 Å². The highest BCUT2D eigenvalue weighted by molar-refractivity contribution is 9.10. The highest BCUT2D eigenvalue weighted by Crippen LogP contribution is 2.32. The van der Waals surface area contributed by atoms with Gasteiger partial charge in [0.2, 0.25) is 0 Å². The van der Waals surface area contributed by atoms with E-state index in [-0.39, 0.29) is 6.42 Å². The van der Waals surface area contributed by atoms with E-state index in [0.29, 0.717) is 21.9 Å². The third-order valence-corrected chi connectivity index (χ3v) is 3.71. The Morgan fingerprint density at radius 1 is 1.50 bits per heavy atom. The molecule has 0 amide bonds. The minimum atomic E-state index is -0.892. The van der Waals surface area contributed by atoms with Crippen molar-refractivity contribution in [2.45, 2.75) is 13.3 Å². The molecule has 2 aromatic rings. The van der Waals surface area contributed by atoms with Crippen LogP contribution in [0.15, 0.2) is 22.8 Å². The van der Waals surface area contributed by atoms with Gasteiger partial charge in [-0.15, -0.1) is 0 Å². The third-order valence-electron chi connectivity index (χ3n) is 3.08. The average molecular weight is 339 g/mol. The van der Waals surface area contributed by atoms with Crippen molar-refractivity contribution in [3.05, 3.63) is 34.1 Å². The van der Waals surface area contributed by atoms with Crippen molar-refractivity contribution in [3.63, 3.8) is 0 Å². The Morgan fingerprint density at radius 2 is 2.20 bits per heavy atom. The molecule has 1 aromatic heterocycles. The SMILES string of the molecule is COc1ccc(C)cc1-c1nc(Br)c(CC(=O)O)n1C. The van der Waals surface area contributed by atoms with E-state index < -0.39 is 5.97 Å². The van der Waals surface area contributed by atoms with Gasteiger partial charge in [0.15, 0.2) is 0 Å². The Bertz CT molecular complexity index is 665. The molecule has 0 atom stereocenters. The average Bonchev–Trinajstić information content (AvgIpc) is 2.66. The lowest BCUT2D eigenvalue weighted by Crippen LogP contribution is -2.06. The number of methoxy groups -OCH3 is 1. The fraction of sp³-hybridized carbons (Fsp3) is 0.286. The van der Waals surface area contributed by atoms with Crippen molar-refractivity contribution in [1.82, 2.24) is 9.55 Å². The molecule has 0 aliphatic carbocycles. The molecule has 1 aromatic carbocycles. The molecule has 0 spiro atoms. The molecule has 0 bridgehead atoms. The predicted octanol–water partition coefficient (Wildman–Crippen LogP) is 2.79. The normalized spacial score (nSPS) is 10.6. The molecule has 0 radical (unpaired) electrons. The Morgan fingerprint density at radius 3 is 2.80 bits per heavy atom. The number of aryl methyl sites for hydroxylation is 1. The zero-order valence-electron chi connectivity index (χ0n) is 11.5. The predicted molar refractivity (Wildman–Crippen MR) is 79.0 cm³/mol. The van der Waals surface area contributed by atoms with Crippen LogP contribution in [0.1, 0.15) is 11.3 Å². The van der Waals surface area contributed by atoms with Crippen LogP contribution in [0.3, 0.4) is 0 Å². The fourth-order valence-electron chi connectivity index (χ4n) is 2.07. The molecule has 0 fully saturated rings. The van der Waals surface area contributed by atoms with Crippen molar-refractivity contribution in [1.29, 1.82) is 0 Å². The van der Waals surface area contributed by atoms with Gasteiger partial charge >= 0.3 is 5.97 Å². The summed E-state index contributed by atoms with van der Waals surface area (Å²) in [6.07, 6.45) is -0.0851. The summed E-state index contributed by atoms with van der Waals surface area (Å²) < 4.78 is 7.67. The van der Waals surface area contributed by atoms with Crippen molar-refractivity contribution < 1.29 is 14.6 Å². The van der Waals surface area contributed by atoms with Crippen LogP contribution in [0.4, 0.5) is 0 Å². The minimum absolute atomic E-state index is 0.0851. The maximum absolute atomic E-state index is 10.9. The van der Waals surface area contributed by atoms with E-state index in [1.807, 2.05) is 25.1 Å². The van der Waals surface area contributed by atoms with Crippen LogP contribution in [0.5, 0.6) is 5.75 Å². The summed E-state index contributed by atoms with van der Waals surface area (Å²) in [4.78, 5) is 15.3. The molecule has 0 aliphatic rings. The second kappa shape index (κ2) is 5.66. The fourth-order valence-corrected chi connectivity index (χ4v) is 2.65. The number of ether oxygens (including phenoxy) is 1. The molecule has 5 nitrogen and oxygen atoms in total. The number of rotatable bonds is 4. The van der Waals surface area contributed by atoms with Crippen LogP contribution in [-0.4, -0.2) is 27.7 Å². The van der Waals surface area contributed by atoms with Gasteiger partial charge in [0.25, 0.3) is 0 Å². The first kappa shape index (κ1) is 14.6. The van der Waals surface area contributed by atoms with Gasteiger partial charge in [-0.2, -0.15) is 0 Å². The first-order valence-corrected chi connectivity index (χ1v) is 6.81. The Balaban J connectivity index is 2.59. The van der Waals surface area contributed by atoms with Crippen LogP contribution in [-0.2, 0) is 18.3 Å². The molecule has 2 rings (SSSR count). The van der Waals surface area contributed by atoms with Crippen LogP contribution in [0.2, 0.25) is 0 Å². The largest absolute Gasteiger partial charge is 0.496 e. The molecule has 0 unspecified atom stereocenters. The van der Waals surface area contributed by atoms with Gasteiger partial charge in [0.1, 0.15) is 16.2 Å². The van der Waals surface area contributed by atoms with Gasteiger partial charge in [0.05, 0.1) is 24.8 Å². The van der Waals surface area contributed by atoms with Gasteiger partial charge in [0, 0.05) is 7.05 Å². The summed E-state index contributed by atoms with van der Waals surface area (Å²) in [5, 5.41) is 8.95. The number of nitrogens with zero attached hydrogens (tertiary/aromatic N) is 2. The second-order valence-corrected chi connectivity index (χ2v) is 5.26. The molecule has 1 N–H and O–H groups in total. The van der Waals surface area contributed by atoms with E-state index in [1.54, 1.807) is 18.7 Å². The number of aromatic nitrogens is 2. The summed E-state index contributed by atoms with van der Waals surface area (Å²) in [5.74, 6) is 0.489. The molecule has 20 heavy (non-hydrogen) atoms. The highest BCUT2D eigenvalue weighted by Gasteiger charge is 2.19. The van der Waals surface area contributed by atoms with E-state index in [2.05, 4.69) is 20.9 Å². The Hall–Kier alpha value is -1.82. The summed E-state index contributed by atoms with van der Waals surface area (Å²) in [6, 6.07) is 5.81. The van der Waals surface area contributed by atoms with Gasteiger partial charge < -0.3 is 14.4 Å². The number of hydrogen-bond donors (Lipinski definition) is 1. The molecular weight excluding hydrogens is 324 g/mol. The number of benzene rings is 1. The van der Waals surface area contributed by atoms with Crippen LogP contribution >= 0.6 is 15.9 Å². The molecule has 0 saturated carbocycles. The van der Waals surface area contributed by atoms with E-state index >= 15 is 0 Å². The van der Waals surface area contributed by atoms with Crippen molar-refractivity contribution in [2.24, 2.45) is 7.05 Å². The molecular formula is C14H15BrN2O3. The summed E-state index contributed by atoms with van der Waals surface area (Å²) in [5.41, 5.74) is 2.54. The first-order chi connectivity index (χ1) is 9.43. The lowest BCUT2D eigenvalue weighted by Gasteiger charge is -2.10. The third kappa shape index (κ3) is 2.70. The van der Waals surface area contributed by atoms with E-state index in [4.69, 9.17) is 9.84 Å². The molecule has 1 heterocycles. The van der Waals surface area contributed by atoms with Gasteiger partial charge in [-0.05, 0) is 35.0 Å². The molecule has 6 heteroatoms. The number of carboxylic acids is 1. The van der Waals surface area contributed by atoms with E-state index in [9.17, 15) is 4.79 Å². The zero-order valence-corrected chi connectivity index (χ0v) is 13.1. The van der Waals surface area contributed by atoms with Crippen molar-refractivity contribution in [2.75, 3.05) is 7.11 Å². The van der Waals surface area contributed by atoms with Gasteiger partial charge in [-0.1, -0.05) is 11.6 Å². The molecule has 0 saturated heterocycles. The lowest BCUT2D eigenvalue weighted by molar-refractivity contribution is -0.136. The number of aliphatic carboxylic acids is 1. The second-order valence-electron chi connectivity index (χ2n) is 4.51. The molecule has 0 aliphatic heterocycles. The Kier molecular flexibility index (Phi) is 4.13. The number of carbonyl (C=O) groups is 1. The Labute approximate surface area is 125 Å². The summed E-state index contributed by atoms with van der Waals surface area (Å²) in [6.45, 7) is 1.99. The monoisotopic (exact) mass is 338 g/mol. The number of halogens is 1. The number of hydrogen-bond acceptors (Lipinski definition) is 3. The maximum Gasteiger partial charge on any atom is 0.309 e. The smallest absolute Gasteiger partial charge is 0.309 e.